The SMILES string of the molecule is CC/C=C\C/C=C\C/C=C\C(O)CCCCCCC(=O)[O-].[Na+]. The van der Waals surface area contributed by atoms with E-state index in [9.17, 15) is 15.0 Å². The third kappa shape index (κ3) is 19.7. The third-order valence-electron chi connectivity index (χ3n) is 3.10. The first kappa shape index (κ1) is 23.9. The maximum atomic E-state index is 10.2. The Morgan fingerprint density at radius 1 is 1.00 bits per heavy atom. The van der Waals surface area contributed by atoms with Gasteiger partial charge in [0.25, 0.3) is 0 Å². The number of carbonyl (C=O) groups excluding carboxylic acids is 1. The van der Waals surface area contributed by atoms with Gasteiger partial charge < -0.3 is 15.0 Å². The minimum Gasteiger partial charge on any atom is -0.550 e. The number of carboxylic acid groups (broad SMARTS) is 1. The van der Waals surface area contributed by atoms with E-state index >= 15 is 0 Å². The summed E-state index contributed by atoms with van der Waals surface area (Å²) >= 11 is 0. The number of aliphatic hydroxyl groups is 1. The van der Waals surface area contributed by atoms with Crippen LogP contribution in [0.4, 0.5) is 0 Å². The van der Waals surface area contributed by atoms with Crippen LogP contribution in [0, 0.1) is 0 Å². The predicted molar refractivity (Wildman–Crippen MR) is 85.7 cm³/mol. The second-order valence-electron chi connectivity index (χ2n) is 5.14. The number of unbranched alkanes of at least 4 members (excludes halogenated alkanes) is 3. The summed E-state index contributed by atoms with van der Waals surface area (Å²) in [6.07, 6.45) is 19.2. The van der Waals surface area contributed by atoms with Crippen LogP contribution in [0.2, 0.25) is 0 Å². The molecule has 0 heterocycles. The van der Waals surface area contributed by atoms with E-state index in [2.05, 4.69) is 31.2 Å². The van der Waals surface area contributed by atoms with Crippen molar-refractivity contribution in [2.24, 2.45) is 0 Å². The molecule has 1 atom stereocenters. The molecule has 3 nitrogen and oxygen atoms in total. The molecule has 0 fully saturated rings. The van der Waals surface area contributed by atoms with Gasteiger partial charge >= 0.3 is 29.6 Å². The molecule has 0 aromatic carbocycles. The smallest absolute Gasteiger partial charge is 0.550 e. The topological polar surface area (TPSA) is 60.4 Å². The summed E-state index contributed by atoms with van der Waals surface area (Å²) in [7, 11) is 0. The van der Waals surface area contributed by atoms with Gasteiger partial charge in [-0.1, -0.05) is 62.6 Å². The Kier molecular flexibility index (Phi) is 20.3. The van der Waals surface area contributed by atoms with E-state index in [1.807, 2.05) is 12.2 Å². The van der Waals surface area contributed by atoms with E-state index in [4.69, 9.17) is 0 Å². The van der Waals surface area contributed by atoms with Gasteiger partial charge in [-0.05, 0) is 38.5 Å². The number of rotatable bonds is 13. The molecule has 4 heteroatoms. The number of aliphatic carboxylic acids is 1. The van der Waals surface area contributed by atoms with Gasteiger partial charge in [-0.3, -0.25) is 0 Å². The third-order valence-corrected chi connectivity index (χ3v) is 3.10. The molecule has 0 saturated heterocycles. The summed E-state index contributed by atoms with van der Waals surface area (Å²) in [6.45, 7) is 2.12. The Bertz CT molecular complexity index is 335. The van der Waals surface area contributed by atoms with E-state index in [1.165, 1.54) is 0 Å². The Morgan fingerprint density at radius 3 is 2.23 bits per heavy atom. The number of aliphatic hydroxyl groups excluding tert-OH is 1. The molecule has 0 aliphatic carbocycles. The number of carbonyl (C=O) groups is 1. The molecule has 0 radical (unpaired) electrons. The van der Waals surface area contributed by atoms with E-state index in [0.29, 0.717) is 6.42 Å². The average Bonchev–Trinajstić information content (AvgIpc) is 2.45. The van der Waals surface area contributed by atoms with Crippen LogP contribution in [-0.2, 0) is 4.79 Å². The molecule has 0 aromatic heterocycles. The van der Waals surface area contributed by atoms with Gasteiger partial charge in [-0.25, -0.2) is 0 Å². The zero-order valence-electron chi connectivity index (χ0n) is 14.2. The fourth-order valence-corrected chi connectivity index (χ4v) is 1.92. The maximum absolute atomic E-state index is 10.2. The van der Waals surface area contributed by atoms with Crippen LogP contribution in [0.1, 0.15) is 64.7 Å². The van der Waals surface area contributed by atoms with Crippen molar-refractivity contribution in [1.82, 2.24) is 0 Å². The number of allylic oxidation sites excluding steroid dienone is 5. The zero-order valence-corrected chi connectivity index (χ0v) is 16.2. The Morgan fingerprint density at radius 2 is 1.59 bits per heavy atom. The summed E-state index contributed by atoms with van der Waals surface area (Å²) in [5.74, 6) is -0.976. The van der Waals surface area contributed by atoms with Crippen molar-refractivity contribution in [3.8, 4) is 0 Å². The van der Waals surface area contributed by atoms with Crippen LogP contribution in [-0.4, -0.2) is 17.2 Å². The molecule has 0 aliphatic heterocycles. The Hall–Kier alpha value is -0.350. The first-order valence-corrected chi connectivity index (χ1v) is 8.01. The van der Waals surface area contributed by atoms with Gasteiger partial charge in [-0.15, -0.1) is 0 Å². The second-order valence-corrected chi connectivity index (χ2v) is 5.14. The normalized spacial score (nSPS) is 13.0. The van der Waals surface area contributed by atoms with Gasteiger partial charge in [-0.2, -0.15) is 0 Å². The van der Waals surface area contributed by atoms with Gasteiger partial charge in [0.15, 0.2) is 0 Å². The number of hydrogen-bond donors (Lipinski definition) is 1. The minimum atomic E-state index is -0.976. The summed E-state index contributed by atoms with van der Waals surface area (Å²) < 4.78 is 0. The van der Waals surface area contributed by atoms with Gasteiger partial charge in [0.05, 0.1) is 6.10 Å². The standard InChI is InChI=1S/C18H30O3.Na/c1-2-3-4-5-6-7-8-11-14-17(19)15-12-9-10-13-16-18(20)21;/h3-4,6-7,11,14,17,19H,2,5,8-10,12-13,15-16H2,1H3,(H,20,21);/q;+1/p-1/b4-3-,7-6-,14-11-;. The molecule has 120 valence electrons. The van der Waals surface area contributed by atoms with Crippen LogP contribution >= 0.6 is 0 Å². The molecule has 0 aliphatic rings. The van der Waals surface area contributed by atoms with Crippen molar-refractivity contribution in [3.63, 3.8) is 0 Å². The zero-order chi connectivity index (χ0) is 15.8. The molecule has 1 N–H and O–H groups in total. The molecule has 0 aromatic rings. The molecule has 22 heavy (non-hydrogen) atoms. The largest absolute Gasteiger partial charge is 1.00 e. The van der Waals surface area contributed by atoms with Crippen LogP contribution < -0.4 is 34.7 Å². The van der Waals surface area contributed by atoms with Crippen molar-refractivity contribution in [2.45, 2.75) is 70.8 Å². The van der Waals surface area contributed by atoms with Crippen LogP contribution in [0.5, 0.6) is 0 Å². The summed E-state index contributed by atoms with van der Waals surface area (Å²) in [5.41, 5.74) is 0. The quantitative estimate of drug-likeness (QED) is 0.302. The van der Waals surface area contributed by atoms with Gasteiger partial charge in [0.2, 0.25) is 0 Å². The Labute approximate surface area is 157 Å². The van der Waals surface area contributed by atoms with Crippen LogP contribution in [0.15, 0.2) is 36.5 Å². The molecule has 0 spiro atoms. The van der Waals surface area contributed by atoms with Crippen molar-refractivity contribution < 1.29 is 44.6 Å². The maximum Gasteiger partial charge on any atom is 1.00 e. The fraction of sp³-hybridized carbons (Fsp3) is 0.611. The summed E-state index contributed by atoms with van der Waals surface area (Å²) in [4.78, 5) is 10.2. The summed E-state index contributed by atoms with van der Waals surface area (Å²) in [6, 6.07) is 0. The first-order chi connectivity index (χ1) is 10.2. The Balaban J connectivity index is 0. The molecular formula is C18H29NaO3. The second kappa shape index (κ2) is 18.7. The number of carboxylic acids is 1. The molecule has 0 amide bonds. The molecule has 0 rings (SSSR count). The van der Waals surface area contributed by atoms with Crippen molar-refractivity contribution >= 4 is 5.97 Å². The van der Waals surface area contributed by atoms with Crippen LogP contribution in [0.25, 0.3) is 0 Å². The van der Waals surface area contributed by atoms with Crippen molar-refractivity contribution in [2.75, 3.05) is 0 Å². The van der Waals surface area contributed by atoms with E-state index < -0.39 is 5.97 Å². The van der Waals surface area contributed by atoms with E-state index in [0.717, 1.165) is 44.9 Å². The van der Waals surface area contributed by atoms with Gasteiger partial charge in [0.1, 0.15) is 0 Å². The first-order valence-electron chi connectivity index (χ1n) is 8.01. The summed E-state index contributed by atoms with van der Waals surface area (Å²) in [5, 5.41) is 20.0. The minimum absolute atomic E-state index is 0. The van der Waals surface area contributed by atoms with Crippen molar-refractivity contribution in [1.29, 1.82) is 0 Å². The molecule has 0 saturated carbocycles. The fourth-order valence-electron chi connectivity index (χ4n) is 1.92. The van der Waals surface area contributed by atoms with Gasteiger partial charge in [0, 0.05) is 5.97 Å². The van der Waals surface area contributed by atoms with E-state index in [-0.39, 0.29) is 42.1 Å². The average molecular weight is 316 g/mol. The molecular weight excluding hydrogens is 287 g/mol. The van der Waals surface area contributed by atoms with Crippen molar-refractivity contribution in [3.05, 3.63) is 36.5 Å². The predicted octanol–water partition coefficient (Wildman–Crippen LogP) is 0.301. The molecule has 1 unspecified atom stereocenters. The number of hydrogen-bond acceptors (Lipinski definition) is 3. The van der Waals surface area contributed by atoms with Crippen LogP contribution in [0.3, 0.4) is 0 Å². The van der Waals surface area contributed by atoms with E-state index in [1.54, 1.807) is 0 Å². The molecule has 0 bridgehead atoms. The monoisotopic (exact) mass is 316 g/mol.